The van der Waals surface area contributed by atoms with Gasteiger partial charge in [0.2, 0.25) is 15.0 Å². The van der Waals surface area contributed by atoms with E-state index < -0.39 is 26.8 Å². The number of hydrogen-bond donors (Lipinski definition) is 0. The van der Waals surface area contributed by atoms with E-state index in [9.17, 15) is 13.2 Å². The van der Waals surface area contributed by atoms with Crippen LogP contribution in [-0.4, -0.2) is 53.3 Å². The van der Waals surface area contributed by atoms with Gasteiger partial charge in [-0.25, -0.2) is 23.2 Å². The van der Waals surface area contributed by atoms with Crippen LogP contribution in [-0.2, 0) is 14.6 Å². The Morgan fingerprint density at radius 3 is 2.26 bits per heavy atom. The van der Waals surface area contributed by atoms with Crippen molar-refractivity contribution >= 4 is 27.5 Å². The summed E-state index contributed by atoms with van der Waals surface area (Å²) in [5, 5.41) is -0.552. The van der Waals surface area contributed by atoms with Crippen molar-refractivity contribution in [3.05, 3.63) is 17.4 Å². The fourth-order valence-corrected chi connectivity index (χ4v) is 3.90. The third-order valence-corrected chi connectivity index (χ3v) is 5.65. The molecule has 0 atom stereocenters. The standard InChI is InChI=1S/C14H20ClN3O4S/c1-14(2,3)22-13(19)18-6-4-11(5-7-18)23(20,21)12-16-8-10(15)9-17-12/h8-9,11H,4-7H2,1-3H3. The van der Waals surface area contributed by atoms with E-state index in [1.165, 1.54) is 17.3 Å². The molecule has 9 heteroatoms. The van der Waals surface area contributed by atoms with Crippen LogP contribution in [0.15, 0.2) is 17.6 Å². The lowest BCUT2D eigenvalue weighted by atomic mass is 10.1. The van der Waals surface area contributed by atoms with E-state index in [1.54, 1.807) is 20.8 Å². The number of amides is 1. The number of carbonyl (C=O) groups excluding carboxylic acids is 1. The van der Waals surface area contributed by atoms with Crippen LogP contribution in [0.2, 0.25) is 5.02 Å². The predicted molar refractivity (Wildman–Crippen MR) is 85.1 cm³/mol. The van der Waals surface area contributed by atoms with Gasteiger partial charge < -0.3 is 9.64 Å². The highest BCUT2D eigenvalue weighted by molar-refractivity contribution is 7.91. The Balaban J connectivity index is 2.01. The summed E-state index contributed by atoms with van der Waals surface area (Å²) in [5.41, 5.74) is -0.572. The summed E-state index contributed by atoms with van der Waals surface area (Å²) in [6, 6.07) is 0. The number of nitrogens with zero attached hydrogens (tertiary/aromatic N) is 3. The van der Waals surface area contributed by atoms with Gasteiger partial charge in [-0.15, -0.1) is 0 Å². The van der Waals surface area contributed by atoms with E-state index in [0.29, 0.717) is 25.9 Å². The first-order valence-electron chi connectivity index (χ1n) is 7.29. The Morgan fingerprint density at radius 1 is 1.26 bits per heavy atom. The molecular formula is C14H20ClN3O4S. The number of likely N-dealkylation sites (tertiary alicyclic amines) is 1. The number of carbonyl (C=O) groups is 1. The van der Waals surface area contributed by atoms with Gasteiger partial charge in [0.25, 0.3) is 0 Å². The average Bonchev–Trinajstić information content (AvgIpc) is 2.46. The summed E-state index contributed by atoms with van der Waals surface area (Å²) in [6.07, 6.45) is 2.76. The maximum Gasteiger partial charge on any atom is 0.410 e. The van der Waals surface area contributed by atoms with Crippen LogP contribution < -0.4 is 0 Å². The minimum atomic E-state index is -3.62. The van der Waals surface area contributed by atoms with Crippen LogP contribution in [0.5, 0.6) is 0 Å². The van der Waals surface area contributed by atoms with Crippen molar-refractivity contribution in [2.75, 3.05) is 13.1 Å². The summed E-state index contributed by atoms with van der Waals surface area (Å²) in [4.78, 5) is 21.1. The van der Waals surface area contributed by atoms with Crippen molar-refractivity contribution in [2.24, 2.45) is 0 Å². The molecule has 1 fully saturated rings. The molecular weight excluding hydrogens is 342 g/mol. The lowest BCUT2D eigenvalue weighted by Crippen LogP contribution is -2.44. The van der Waals surface area contributed by atoms with Crippen molar-refractivity contribution in [1.29, 1.82) is 0 Å². The zero-order chi connectivity index (χ0) is 17.3. The smallest absolute Gasteiger partial charge is 0.410 e. The van der Waals surface area contributed by atoms with Crippen LogP contribution >= 0.6 is 11.6 Å². The van der Waals surface area contributed by atoms with Crippen LogP contribution in [0, 0.1) is 0 Å². The van der Waals surface area contributed by atoms with Gasteiger partial charge in [-0.1, -0.05) is 11.6 Å². The first-order valence-corrected chi connectivity index (χ1v) is 9.21. The minimum absolute atomic E-state index is 0.224. The van der Waals surface area contributed by atoms with Crippen LogP contribution in [0.1, 0.15) is 33.6 Å². The number of ether oxygens (including phenoxy) is 1. The fraction of sp³-hybridized carbons (Fsp3) is 0.643. The van der Waals surface area contributed by atoms with E-state index in [0.717, 1.165) is 0 Å². The molecule has 1 aliphatic rings. The lowest BCUT2D eigenvalue weighted by Gasteiger charge is -2.32. The Hall–Kier alpha value is -1.41. The molecule has 1 amide bonds. The summed E-state index contributed by atoms with van der Waals surface area (Å²) in [5.74, 6) is 0. The molecule has 1 aromatic heterocycles. The molecule has 0 saturated carbocycles. The predicted octanol–water partition coefficient (Wildman–Crippen LogP) is 2.30. The first kappa shape index (κ1) is 17.9. The summed E-state index contributed by atoms with van der Waals surface area (Å²) < 4.78 is 30.3. The third-order valence-electron chi connectivity index (χ3n) is 3.38. The highest BCUT2D eigenvalue weighted by atomic mass is 35.5. The Morgan fingerprint density at radius 2 is 1.78 bits per heavy atom. The summed E-state index contributed by atoms with van der Waals surface area (Å²) in [7, 11) is -3.62. The van der Waals surface area contributed by atoms with Crippen molar-refractivity contribution in [2.45, 2.75) is 49.6 Å². The van der Waals surface area contributed by atoms with Crippen LogP contribution in [0.4, 0.5) is 4.79 Å². The number of rotatable bonds is 2. The van der Waals surface area contributed by atoms with Gasteiger partial charge in [0.05, 0.1) is 22.7 Å². The van der Waals surface area contributed by atoms with E-state index in [4.69, 9.17) is 16.3 Å². The number of piperidine rings is 1. The molecule has 0 radical (unpaired) electrons. The second-order valence-electron chi connectivity index (χ2n) is 6.40. The topological polar surface area (TPSA) is 89.5 Å². The highest BCUT2D eigenvalue weighted by Crippen LogP contribution is 2.24. The fourth-order valence-electron chi connectivity index (χ4n) is 2.27. The van der Waals surface area contributed by atoms with Crippen LogP contribution in [0.25, 0.3) is 0 Å². The van der Waals surface area contributed by atoms with Gasteiger partial charge in [-0.3, -0.25) is 0 Å². The van der Waals surface area contributed by atoms with Crippen molar-refractivity contribution in [3.8, 4) is 0 Å². The van der Waals surface area contributed by atoms with Crippen molar-refractivity contribution in [1.82, 2.24) is 14.9 Å². The zero-order valence-electron chi connectivity index (χ0n) is 13.3. The highest BCUT2D eigenvalue weighted by Gasteiger charge is 2.35. The zero-order valence-corrected chi connectivity index (χ0v) is 14.9. The first-order chi connectivity index (χ1) is 10.6. The minimum Gasteiger partial charge on any atom is -0.444 e. The summed E-state index contributed by atoms with van der Waals surface area (Å²) in [6.45, 7) is 6.03. The molecule has 0 aromatic carbocycles. The molecule has 2 heterocycles. The molecule has 1 saturated heterocycles. The van der Waals surface area contributed by atoms with Gasteiger partial charge in [0, 0.05) is 13.1 Å². The monoisotopic (exact) mass is 361 g/mol. The molecule has 1 aromatic rings. The second-order valence-corrected chi connectivity index (χ2v) is 8.95. The SMILES string of the molecule is CC(C)(C)OC(=O)N1CCC(S(=O)(=O)c2ncc(Cl)cn2)CC1. The molecule has 0 N–H and O–H groups in total. The van der Waals surface area contributed by atoms with E-state index in [1.807, 2.05) is 0 Å². The third kappa shape index (κ3) is 4.54. The molecule has 1 aliphatic heterocycles. The van der Waals surface area contributed by atoms with Gasteiger partial charge >= 0.3 is 6.09 Å². The van der Waals surface area contributed by atoms with Gasteiger partial charge in [-0.2, -0.15) is 0 Å². The Bertz CT molecular complexity index is 662. The number of sulfone groups is 1. The Kier molecular flexibility index (Phi) is 5.15. The summed E-state index contributed by atoms with van der Waals surface area (Å²) >= 11 is 5.68. The molecule has 0 aliphatic carbocycles. The molecule has 7 nitrogen and oxygen atoms in total. The maximum atomic E-state index is 12.5. The molecule has 23 heavy (non-hydrogen) atoms. The molecule has 0 spiro atoms. The number of aromatic nitrogens is 2. The molecule has 2 rings (SSSR count). The normalized spacial score (nSPS) is 17.1. The Labute approximate surface area is 140 Å². The van der Waals surface area contributed by atoms with E-state index >= 15 is 0 Å². The van der Waals surface area contributed by atoms with Crippen molar-refractivity contribution in [3.63, 3.8) is 0 Å². The molecule has 0 bridgehead atoms. The largest absolute Gasteiger partial charge is 0.444 e. The quantitative estimate of drug-likeness (QED) is 0.751. The van der Waals surface area contributed by atoms with Crippen LogP contribution in [0.3, 0.4) is 0 Å². The average molecular weight is 362 g/mol. The number of hydrogen-bond acceptors (Lipinski definition) is 6. The van der Waals surface area contributed by atoms with Crippen molar-refractivity contribution < 1.29 is 17.9 Å². The van der Waals surface area contributed by atoms with E-state index in [2.05, 4.69) is 9.97 Å². The van der Waals surface area contributed by atoms with Gasteiger partial charge in [0.15, 0.2) is 0 Å². The maximum absolute atomic E-state index is 12.5. The second kappa shape index (κ2) is 6.60. The lowest BCUT2D eigenvalue weighted by molar-refractivity contribution is 0.0217. The number of halogens is 1. The molecule has 128 valence electrons. The van der Waals surface area contributed by atoms with Gasteiger partial charge in [-0.05, 0) is 33.6 Å². The van der Waals surface area contributed by atoms with E-state index in [-0.39, 0.29) is 10.2 Å². The van der Waals surface area contributed by atoms with Gasteiger partial charge in [0.1, 0.15) is 5.60 Å². The molecule has 0 unspecified atom stereocenters.